The maximum Gasteiger partial charge on any atom is 0.0433 e. The summed E-state index contributed by atoms with van der Waals surface area (Å²) in [7, 11) is 0. The first-order valence-corrected chi connectivity index (χ1v) is 14.9. The molecule has 0 aromatic carbocycles. The van der Waals surface area contributed by atoms with E-state index < -0.39 is 0 Å². The van der Waals surface area contributed by atoms with E-state index in [9.17, 15) is 0 Å². The van der Waals surface area contributed by atoms with Crippen LogP contribution in [0.1, 0.15) is 181 Å². The highest BCUT2D eigenvalue weighted by Crippen LogP contribution is 2.17. The van der Waals surface area contributed by atoms with E-state index in [4.69, 9.17) is 5.11 Å². The van der Waals surface area contributed by atoms with Crippen LogP contribution < -0.4 is 0 Å². The third-order valence-electron chi connectivity index (χ3n) is 7.17. The fourth-order valence-corrected chi connectivity index (χ4v) is 4.82. The third-order valence-corrected chi connectivity index (χ3v) is 7.17. The third kappa shape index (κ3) is 27.9. The minimum Gasteiger partial charge on any atom is -0.396 e. The lowest BCUT2D eigenvalue weighted by Crippen LogP contribution is -1.97. The zero-order valence-corrected chi connectivity index (χ0v) is 22.1. The monoisotopic (exact) mass is 438 g/mol. The molecule has 0 radical (unpaired) electrons. The molecule has 0 aromatic rings. The van der Waals surface area contributed by atoms with E-state index >= 15 is 0 Å². The molecule has 0 saturated heterocycles. The Hall–Kier alpha value is -0.0400. The summed E-state index contributed by atoms with van der Waals surface area (Å²) in [5.41, 5.74) is 0. The average molecular weight is 439 g/mol. The van der Waals surface area contributed by atoms with Gasteiger partial charge in [-0.25, -0.2) is 0 Å². The lowest BCUT2D eigenvalue weighted by Gasteiger charge is -2.08. The molecule has 0 rings (SSSR count). The highest BCUT2D eigenvalue weighted by atomic mass is 16.3. The van der Waals surface area contributed by atoms with Gasteiger partial charge in [0.05, 0.1) is 0 Å². The summed E-state index contributed by atoms with van der Waals surface area (Å²) in [4.78, 5) is 0. The predicted molar refractivity (Wildman–Crippen MR) is 142 cm³/mol. The van der Waals surface area contributed by atoms with Crippen LogP contribution in [-0.2, 0) is 0 Å². The minimum atomic E-state index is 0.362. The highest BCUT2D eigenvalue weighted by Gasteiger charge is 2.00. The van der Waals surface area contributed by atoms with Crippen LogP contribution in [0, 0.1) is 5.92 Å². The van der Waals surface area contributed by atoms with Gasteiger partial charge < -0.3 is 5.11 Å². The predicted octanol–water partition coefficient (Wildman–Crippen LogP) is 10.8. The molecule has 0 spiro atoms. The molecule has 0 aromatic heterocycles. The molecule has 0 aliphatic carbocycles. The molecule has 0 amide bonds. The largest absolute Gasteiger partial charge is 0.396 e. The lowest BCUT2D eigenvalue weighted by molar-refractivity contribution is 0.256. The van der Waals surface area contributed by atoms with Gasteiger partial charge in [0.15, 0.2) is 0 Å². The van der Waals surface area contributed by atoms with Crippen LogP contribution in [0.3, 0.4) is 0 Å². The SMILES string of the molecule is CCCCCCCCCCCCCCCCCCCCCCCCCC[C@@H](C)CCO. The summed E-state index contributed by atoms with van der Waals surface area (Å²) in [6, 6.07) is 0. The van der Waals surface area contributed by atoms with Gasteiger partial charge in [0.1, 0.15) is 0 Å². The Labute approximate surface area is 198 Å². The zero-order valence-electron chi connectivity index (χ0n) is 22.1. The molecule has 0 saturated carbocycles. The number of aliphatic hydroxyl groups is 1. The van der Waals surface area contributed by atoms with Crippen LogP contribution in [0.2, 0.25) is 0 Å². The van der Waals surface area contributed by atoms with Crippen molar-refractivity contribution < 1.29 is 5.11 Å². The molecule has 0 fully saturated rings. The summed E-state index contributed by atoms with van der Waals surface area (Å²) in [5.74, 6) is 0.713. The molecule has 0 bridgehead atoms. The highest BCUT2D eigenvalue weighted by molar-refractivity contribution is 4.54. The van der Waals surface area contributed by atoms with Gasteiger partial charge in [-0.3, -0.25) is 0 Å². The molecule has 0 aliphatic rings. The van der Waals surface area contributed by atoms with Gasteiger partial charge in [-0.1, -0.05) is 174 Å². The quantitative estimate of drug-likeness (QED) is 0.126. The van der Waals surface area contributed by atoms with Gasteiger partial charge >= 0.3 is 0 Å². The lowest BCUT2D eigenvalue weighted by atomic mass is 9.99. The number of hydrogen-bond acceptors (Lipinski definition) is 1. The first kappa shape index (κ1) is 31.0. The molecular formula is C30H62O. The topological polar surface area (TPSA) is 20.2 Å². The summed E-state index contributed by atoms with van der Waals surface area (Å²) < 4.78 is 0. The van der Waals surface area contributed by atoms with E-state index in [1.807, 2.05) is 0 Å². The summed E-state index contributed by atoms with van der Waals surface area (Å²) in [5, 5.41) is 8.92. The van der Waals surface area contributed by atoms with E-state index in [1.54, 1.807) is 0 Å². The first-order chi connectivity index (χ1) is 15.3. The Balaban J connectivity index is 3.02. The van der Waals surface area contributed by atoms with Crippen molar-refractivity contribution in [3.63, 3.8) is 0 Å². The summed E-state index contributed by atoms with van der Waals surface area (Å²) in [6.07, 6.45) is 37.3. The molecule has 1 heteroatoms. The van der Waals surface area contributed by atoms with E-state index in [0.717, 1.165) is 6.42 Å². The molecule has 1 atom stereocenters. The second-order valence-corrected chi connectivity index (χ2v) is 10.5. The molecule has 0 unspecified atom stereocenters. The van der Waals surface area contributed by atoms with E-state index in [-0.39, 0.29) is 0 Å². The van der Waals surface area contributed by atoms with Crippen LogP contribution in [0.25, 0.3) is 0 Å². The average Bonchev–Trinajstić information content (AvgIpc) is 2.77. The molecule has 0 aliphatic heterocycles. The Kier molecular flexibility index (Phi) is 28.0. The Morgan fingerprint density at radius 3 is 0.903 bits per heavy atom. The number of unbranched alkanes of at least 4 members (excludes halogenated alkanes) is 23. The Bertz CT molecular complexity index is 301. The van der Waals surface area contributed by atoms with Crippen LogP contribution in [0.5, 0.6) is 0 Å². The van der Waals surface area contributed by atoms with Crippen LogP contribution in [0.4, 0.5) is 0 Å². The fraction of sp³-hybridized carbons (Fsp3) is 1.00. The van der Waals surface area contributed by atoms with Crippen LogP contribution in [0.15, 0.2) is 0 Å². The summed E-state index contributed by atoms with van der Waals surface area (Å²) in [6.45, 7) is 4.94. The van der Waals surface area contributed by atoms with Crippen molar-refractivity contribution in [3.05, 3.63) is 0 Å². The van der Waals surface area contributed by atoms with E-state index in [0.29, 0.717) is 12.5 Å². The standard InChI is InChI=1S/C30H62O/c1-3-4-5-6-7-8-9-10-11-12-13-14-15-16-17-18-19-20-21-22-23-24-25-26-27-30(2)28-29-31/h30-31H,3-29H2,1-2H3/t30-/m1/s1. The summed E-state index contributed by atoms with van der Waals surface area (Å²) >= 11 is 0. The second kappa shape index (κ2) is 28.0. The van der Waals surface area contributed by atoms with Crippen molar-refractivity contribution in [3.8, 4) is 0 Å². The number of rotatable bonds is 27. The van der Waals surface area contributed by atoms with Gasteiger partial charge in [-0.15, -0.1) is 0 Å². The van der Waals surface area contributed by atoms with Crippen LogP contribution in [-0.4, -0.2) is 11.7 Å². The molecule has 0 heterocycles. The van der Waals surface area contributed by atoms with Gasteiger partial charge in [0.25, 0.3) is 0 Å². The molecule has 188 valence electrons. The Morgan fingerprint density at radius 1 is 0.387 bits per heavy atom. The van der Waals surface area contributed by atoms with E-state index in [2.05, 4.69) is 13.8 Å². The fourth-order valence-electron chi connectivity index (χ4n) is 4.82. The molecule has 31 heavy (non-hydrogen) atoms. The van der Waals surface area contributed by atoms with Crippen LogP contribution >= 0.6 is 0 Å². The second-order valence-electron chi connectivity index (χ2n) is 10.5. The number of hydrogen-bond donors (Lipinski definition) is 1. The van der Waals surface area contributed by atoms with Gasteiger partial charge in [-0.2, -0.15) is 0 Å². The molecule has 1 N–H and O–H groups in total. The molecule has 1 nitrogen and oxygen atoms in total. The molecular weight excluding hydrogens is 376 g/mol. The smallest absolute Gasteiger partial charge is 0.0433 e. The van der Waals surface area contributed by atoms with Gasteiger partial charge in [0, 0.05) is 6.61 Å². The van der Waals surface area contributed by atoms with Crippen molar-refractivity contribution in [1.82, 2.24) is 0 Å². The number of aliphatic hydroxyl groups excluding tert-OH is 1. The maximum absolute atomic E-state index is 8.92. The van der Waals surface area contributed by atoms with Gasteiger partial charge in [0.2, 0.25) is 0 Å². The normalized spacial score (nSPS) is 12.5. The van der Waals surface area contributed by atoms with E-state index in [1.165, 1.54) is 161 Å². The minimum absolute atomic E-state index is 0.362. The maximum atomic E-state index is 8.92. The van der Waals surface area contributed by atoms with Crippen molar-refractivity contribution >= 4 is 0 Å². The van der Waals surface area contributed by atoms with Gasteiger partial charge in [-0.05, 0) is 12.3 Å². The first-order valence-electron chi connectivity index (χ1n) is 14.9. The Morgan fingerprint density at radius 2 is 0.645 bits per heavy atom. The van der Waals surface area contributed by atoms with Crippen molar-refractivity contribution in [2.45, 2.75) is 181 Å². The zero-order chi connectivity index (χ0) is 22.7. The van der Waals surface area contributed by atoms with Crippen molar-refractivity contribution in [1.29, 1.82) is 0 Å². The van der Waals surface area contributed by atoms with Crippen molar-refractivity contribution in [2.24, 2.45) is 5.92 Å². The van der Waals surface area contributed by atoms with Crippen molar-refractivity contribution in [2.75, 3.05) is 6.61 Å².